The van der Waals surface area contributed by atoms with Crippen LogP contribution in [0.5, 0.6) is 0 Å². The summed E-state index contributed by atoms with van der Waals surface area (Å²) >= 11 is 0. The number of alkyl halides is 3. The van der Waals surface area contributed by atoms with Gasteiger partial charge in [0.15, 0.2) is 17.2 Å². The van der Waals surface area contributed by atoms with E-state index in [0.29, 0.717) is 37.8 Å². The molecule has 1 amide bonds. The number of hydrogen-bond acceptors (Lipinski definition) is 6. The van der Waals surface area contributed by atoms with Crippen LogP contribution in [0.1, 0.15) is 21.9 Å². The molecule has 2 aromatic heterocycles. The van der Waals surface area contributed by atoms with Crippen molar-refractivity contribution < 1.29 is 22.5 Å². The number of aryl methyl sites for hydroxylation is 1. The zero-order valence-electron chi connectivity index (χ0n) is 12.7. The number of carbonyl (C=O) groups is 1. The van der Waals surface area contributed by atoms with Gasteiger partial charge in [0.1, 0.15) is 5.76 Å². The summed E-state index contributed by atoms with van der Waals surface area (Å²) in [6.45, 7) is 3.41. The van der Waals surface area contributed by atoms with E-state index in [1.165, 1.54) is 6.07 Å². The van der Waals surface area contributed by atoms with Gasteiger partial charge in [-0.1, -0.05) is 5.16 Å². The topological polar surface area (TPSA) is 75.4 Å². The monoisotopic (exact) mass is 341 g/mol. The molecule has 128 valence electrons. The van der Waals surface area contributed by atoms with Crippen LogP contribution in [0, 0.1) is 6.92 Å². The van der Waals surface area contributed by atoms with Gasteiger partial charge in [-0.2, -0.15) is 13.2 Å². The van der Waals surface area contributed by atoms with Crippen molar-refractivity contribution >= 4 is 11.7 Å². The van der Waals surface area contributed by atoms with Crippen molar-refractivity contribution in [3.05, 3.63) is 35.3 Å². The molecule has 0 radical (unpaired) electrons. The van der Waals surface area contributed by atoms with Crippen molar-refractivity contribution in [2.75, 3.05) is 31.1 Å². The van der Waals surface area contributed by atoms with Gasteiger partial charge in [0.05, 0.1) is 0 Å². The number of aromatic nitrogens is 3. The van der Waals surface area contributed by atoms with Crippen molar-refractivity contribution in [3.63, 3.8) is 0 Å². The summed E-state index contributed by atoms with van der Waals surface area (Å²) < 4.78 is 42.4. The molecular formula is C14H14F3N5O2. The molecule has 0 atom stereocenters. The molecule has 1 aliphatic heterocycles. The third-order valence-corrected chi connectivity index (χ3v) is 3.68. The Morgan fingerprint density at radius 3 is 2.38 bits per heavy atom. The van der Waals surface area contributed by atoms with E-state index in [9.17, 15) is 18.0 Å². The standard InChI is InChI=1S/C14H14F3N5O2/c1-9-8-10(20-24-9)13(23)22-6-4-21(5-7-22)12-3-2-11(18-19-12)14(15,16)17/h2-3,8H,4-7H2,1H3. The molecule has 10 heteroatoms. The van der Waals surface area contributed by atoms with Gasteiger partial charge in [-0.05, 0) is 19.1 Å². The maximum Gasteiger partial charge on any atom is 0.435 e. The largest absolute Gasteiger partial charge is 0.435 e. The molecular weight excluding hydrogens is 327 g/mol. The Labute approximate surface area is 135 Å². The lowest BCUT2D eigenvalue weighted by Gasteiger charge is -2.34. The highest BCUT2D eigenvalue weighted by atomic mass is 19.4. The molecule has 0 spiro atoms. The minimum absolute atomic E-state index is 0.231. The van der Waals surface area contributed by atoms with Gasteiger partial charge in [-0.25, -0.2) is 0 Å². The molecule has 24 heavy (non-hydrogen) atoms. The second-order valence-corrected chi connectivity index (χ2v) is 5.38. The molecule has 1 fully saturated rings. The van der Waals surface area contributed by atoms with Crippen LogP contribution >= 0.6 is 0 Å². The van der Waals surface area contributed by atoms with Crippen LogP contribution in [0.15, 0.2) is 22.7 Å². The first-order chi connectivity index (χ1) is 11.3. The molecule has 0 aromatic carbocycles. The average Bonchev–Trinajstić information content (AvgIpc) is 3.00. The number of piperazine rings is 1. The fourth-order valence-electron chi connectivity index (χ4n) is 2.41. The quantitative estimate of drug-likeness (QED) is 0.828. The van der Waals surface area contributed by atoms with E-state index in [4.69, 9.17) is 4.52 Å². The van der Waals surface area contributed by atoms with Crippen LogP contribution in [0.4, 0.5) is 19.0 Å². The summed E-state index contributed by atoms with van der Waals surface area (Å²) in [4.78, 5) is 15.6. The molecule has 0 aliphatic carbocycles. The molecule has 0 bridgehead atoms. The Morgan fingerprint density at radius 1 is 1.17 bits per heavy atom. The smallest absolute Gasteiger partial charge is 0.361 e. The number of rotatable bonds is 2. The predicted molar refractivity (Wildman–Crippen MR) is 76.4 cm³/mol. The van der Waals surface area contributed by atoms with E-state index in [-0.39, 0.29) is 11.6 Å². The van der Waals surface area contributed by atoms with Crippen LogP contribution < -0.4 is 4.90 Å². The number of halogens is 3. The van der Waals surface area contributed by atoms with Crippen molar-refractivity contribution in [2.45, 2.75) is 13.1 Å². The average molecular weight is 341 g/mol. The van der Waals surface area contributed by atoms with E-state index in [1.54, 1.807) is 22.8 Å². The zero-order chi connectivity index (χ0) is 17.3. The Bertz CT molecular complexity index is 721. The number of nitrogens with zero attached hydrogens (tertiary/aromatic N) is 5. The lowest BCUT2D eigenvalue weighted by molar-refractivity contribution is -0.141. The Hall–Kier alpha value is -2.65. The lowest BCUT2D eigenvalue weighted by atomic mass is 10.2. The number of amides is 1. The van der Waals surface area contributed by atoms with Crippen LogP contribution in [0.25, 0.3) is 0 Å². The molecule has 2 aromatic rings. The lowest BCUT2D eigenvalue weighted by Crippen LogP contribution is -2.49. The van der Waals surface area contributed by atoms with Gasteiger partial charge in [0.2, 0.25) is 0 Å². The Kier molecular flexibility index (Phi) is 4.12. The summed E-state index contributed by atoms with van der Waals surface area (Å²) in [5, 5.41) is 10.5. The normalized spacial score (nSPS) is 15.7. The molecule has 1 aliphatic rings. The van der Waals surface area contributed by atoms with Crippen LogP contribution in [0.2, 0.25) is 0 Å². The van der Waals surface area contributed by atoms with Crippen LogP contribution in [-0.4, -0.2) is 52.3 Å². The highest BCUT2D eigenvalue weighted by Crippen LogP contribution is 2.27. The third-order valence-electron chi connectivity index (χ3n) is 3.68. The van der Waals surface area contributed by atoms with Gasteiger partial charge < -0.3 is 14.3 Å². The maximum absolute atomic E-state index is 12.5. The Balaban J connectivity index is 1.61. The summed E-state index contributed by atoms with van der Waals surface area (Å²) in [5.41, 5.74) is -0.781. The summed E-state index contributed by atoms with van der Waals surface area (Å²) in [5.74, 6) is 0.675. The molecule has 3 heterocycles. The number of hydrogen-bond donors (Lipinski definition) is 0. The van der Waals surface area contributed by atoms with Gasteiger partial charge >= 0.3 is 6.18 Å². The molecule has 0 unspecified atom stereocenters. The third kappa shape index (κ3) is 3.31. The van der Waals surface area contributed by atoms with Crippen molar-refractivity contribution in [1.82, 2.24) is 20.3 Å². The maximum atomic E-state index is 12.5. The predicted octanol–water partition coefficient (Wildman–Crippen LogP) is 1.75. The molecule has 1 saturated heterocycles. The van der Waals surface area contributed by atoms with Gasteiger partial charge in [0, 0.05) is 32.2 Å². The fraction of sp³-hybridized carbons (Fsp3) is 0.429. The van der Waals surface area contributed by atoms with E-state index in [0.717, 1.165) is 6.07 Å². The van der Waals surface area contributed by atoms with Crippen LogP contribution in [-0.2, 0) is 6.18 Å². The van der Waals surface area contributed by atoms with Crippen molar-refractivity contribution in [3.8, 4) is 0 Å². The highest BCUT2D eigenvalue weighted by Gasteiger charge is 2.33. The van der Waals surface area contributed by atoms with Crippen LogP contribution in [0.3, 0.4) is 0 Å². The fourth-order valence-corrected chi connectivity index (χ4v) is 2.41. The van der Waals surface area contributed by atoms with Crippen molar-refractivity contribution in [1.29, 1.82) is 0 Å². The summed E-state index contributed by atoms with van der Waals surface area (Å²) in [7, 11) is 0. The SMILES string of the molecule is Cc1cc(C(=O)N2CCN(c3ccc(C(F)(F)F)nn3)CC2)no1. The second kappa shape index (κ2) is 6.10. The highest BCUT2D eigenvalue weighted by molar-refractivity contribution is 5.92. The first-order valence-corrected chi connectivity index (χ1v) is 7.23. The van der Waals surface area contributed by atoms with E-state index in [2.05, 4.69) is 15.4 Å². The summed E-state index contributed by atoms with van der Waals surface area (Å²) in [6.07, 6.45) is -4.51. The second-order valence-electron chi connectivity index (χ2n) is 5.38. The van der Waals surface area contributed by atoms with E-state index < -0.39 is 11.9 Å². The summed E-state index contributed by atoms with van der Waals surface area (Å²) in [6, 6.07) is 3.75. The minimum Gasteiger partial charge on any atom is -0.361 e. The molecule has 0 N–H and O–H groups in total. The first kappa shape index (κ1) is 16.2. The zero-order valence-corrected chi connectivity index (χ0v) is 12.7. The minimum atomic E-state index is -4.51. The van der Waals surface area contributed by atoms with E-state index in [1.807, 2.05) is 0 Å². The molecule has 0 saturated carbocycles. The van der Waals surface area contributed by atoms with E-state index >= 15 is 0 Å². The molecule has 3 rings (SSSR count). The van der Waals surface area contributed by atoms with Gasteiger partial charge in [-0.15, -0.1) is 10.2 Å². The Morgan fingerprint density at radius 2 is 1.88 bits per heavy atom. The van der Waals surface area contributed by atoms with Gasteiger partial charge in [0.25, 0.3) is 5.91 Å². The number of anilines is 1. The first-order valence-electron chi connectivity index (χ1n) is 7.23. The van der Waals surface area contributed by atoms with Gasteiger partial charge in [-0.3, -0.25) is 4.79 Å². The van der Waals surface area contributed by atoms with Crippen molar-refractivity contribution in [2.24, 2.45) is 0 Å². The number of carbonyl (C=O) groups excluding carboxylic acids is 1. The molecule has 7 nitrogen and oxygen atoms in total.